The molecule has 1 saturated heterocycles. The zero-order valence-electron chi connectivity index (χ0n) is 17.4. The average Bonchev–Trinajstić information content (AvgIpc) is 3.08. The largest absolute Gasteiger partial charge is 0.508 e. The molecule has 8 heteroatoms. The maximum absolute atomic E-state index is 13.5. The van der Waals surface area contributed by atoms with Gasteiger partial charge in [-0.15, -0.1) is 0 Å². The number of hydrogen-bond acceptors (Lipinski definition) is 6. The molecule has 1 fully saturated rings. The minimum Gasteiger partial charge on any atom is -0.508 e. The Balaban J connectivity index is 1.53. The number of aromatic hydroxyl groups is 1. The normalized spacial score (nSPS) is 19.0. The first-order valence-corrected chi connectivity index (χ1v) is 11.5. The molecular weight excluding hydrogens is 476 g/mol. The van der Waals surface area contributed by atoms with Crippen molar-refractivity contribution in [1.82, 2.24) is 9.80 Å². The van der Waals surface area contributed by atoms with Crippen LogP contribution in [0.25, 0.3) is 11.0 Å². The van der Waals surface area contributed by atoms with Crippen molar-refractivity contribution >= 4 is 32.8 Å². The number of amides is 1. The number of nitrogens with zero attached hydrogens (tertiary/aromatic N) is 2. The van der Waals surface area contributed by atoms with Crippen LogP contribution in [-0.4, -0.2) is 60.2 Å². The SMILES string of the molecule is O=C1c2oc3ccc(Br)cc3c(=O)c2C(c2ccc(O)cc2)N1CCCN1CCOCC1. The van der Waals surface area contributed by atoms with E-state index in [0.717, 1.165) is 49.3 Å². The molecule has 1 N–H and O–H groups in total. The Morgan fingerprint density at radius 3 is 2.53 bits per heavy atom. The molecule has 1 aromatic heterocycles. The van der Waals surface area contributed by atoms with Gasteiger partial charge in [-0.3, -0.25) is 14.5 Å². The third-order valence-corrected chi connectivity index (χ3v) is 6.61. The number of ether oxygens (including phenoxy) is 1. The lowest BCUT2D eigenvalue weighted by Gasteiger charge is -2.29. The van der Waals surface area contributed by atoms with E-state index in [9.17, 15) is 14.7 Å². The van der Waals surface area contributed by atoms with Crippen LogP contribution in [0.5, 0.6) is 5.75 Å². The molecule has 2 aliphatic rings. The first-order valence-electron chi connectivity index (χ1n) is 10.7. The lowest BCUT2D eigenvalue weighted by Crippen LogP contribution is -2.38. The van der Waals surface area contributed by atoms with E-state index in [2.05, 4.69) is 20.8 Å². The Hall–Kier alpha value is -2.68. The summed E-state index contributed by atoms with van der Waals surface area (Å²) in [5.74, 6) is -0.0390. The van der Waals surface area contributed by atoms with Crippen LogP contribution in [0.1, 0.15) is 34.1 Å². The van der Waals surface area contributed by atoms with Crippen LogP contribution in [0.2, 0.25) is 0 Å². The minimum absolute atomic E-state index is 0.106. The van der Waals surface area contributed by atoms with Crippen molar-refractivity contribution in [2.75, 3.05) is 39.4 Å². The summed E-state index contributed by atoms with van der Waals surface area (Å²) < 4.78 is 12.1. The fourth-order valence-corrected chi connectivity index (χ4v) is 4.88. The highest BCUT2D eigenvalue weighted by molar-refractivity contribution is 9.10. The number of benzene rings is 2. The topological polar surface area (TPSA) is 83.2 Å². The third kappa shape index (κ3) is 3.83. The highest BCUT2D eigenvalue weighted by Crippen LogP contribution is 2.38. The molecule has 32 heavy (non-hydrogen) atoms. The van der Waals surface area contributed by atoms with Crippen LogP contribution in [-0.2, 0) is 4.74 Å². The van der Waals surface area contributed by atoms with Crippen molar-refractivity contribution in [3.63, 3.8) is 0 Å². The maximum Gasteiger partial charge on any atom is 0.290 e. The quantitative estimate of drug-likeness (QED) is 0.579. The summed E-state index contributed by atoms with van der Waals surface area (Å²) in [4.78, 5) is 30.9. The first-order chi connectivity index (χ1) is 15.5. The van der Waals surface area contributed by atoms with Crippen LogP contribution in [0.3, 0.4) is 0 Å². The predicted octanol–water partition coefficient (Wildman–Crippen LogP) is 3.53. The average molecular weight is 499 g/mol. The summed E-state index contributed by atoms with van der Waals surface area (Å²) in [6, 6.07) is 11.3. The molecule has 2 aliphatic heterocycles. The van der Waals surface area contributed by atoms with Crippen LogP contribution in [0, 0.1) is 0 Å². The summed E-state index contributed by atoms with van der Waals surface area (Å²) in [7, 11) is 0. The molecule has 0 bridgehead atoms. The van der Waals surface area contributed by atoms with E-state index in [1.54, 1.807) is 47.4 Å². The molecule has 0 saturated carbocycles. The molecular formula is C24H23BrN2O5. The number of rotatable bonds is 5. The van der Waals surface area contributed by atoms with Gasteiger partial charge in [0, 0.05) is 30.7 Å². The van der Waals surface area contributed by atoms with Gasteiger partial charge in [0.05, 0.1) is 30.2 Å². The number of morpholine rings is 1. The standard InChI is InChI=1S/C24H23BrN2O5/c25-16-4-7-19-18(14-16)22(29)20-21(15-2-5-17(28)6-3-15)27(24(30)23(20)32-19)9-1-8-26-10-12-31-13-11-26/h2-7,14,21,28H,1,8-13H2. The molecule has 3 heterocycles. The molecule has 7 nitrogen and oxygen atoms in total. The highest BCUT2D eigenvalue weighted by atomic mass is 79.9. The van der Waals surface area contributed by atoms with Gasteiger partial charge in [0.1, 0.15) is 11.3 Å². The second-order valence-electron chi connectivity index (χ2n) is 8.11. The number of halogens is 1. The van der Waals surface area contributed by atoms with E-state index in [0.29, 0.717) is 23.1 Å². The molecule has 2 aromatic carbocycles. The Labute approximate surface area is 193 Å². The molecule has 0 aliphatic carbocycles. The van der Waals surface area contributed by atoms with E-state index >= 15 is 0 Å². The van der Waals surface area contributed by atoms with Crippen molar-refractivity contribution in [2.24, 2.45) is 0 Å². The molecule has 0 radical (unpaired) electrons. The van der Waals surface area contributed by atoms with Crippen LogP contribution < -0.4 is 5.43 Å². The van der Waals surface area contributed by atoms with E-state index in [-0.39, 0.29) is 22.8 Å². The number of phenolic OH excluding ortho intramolecular Hbond substituents is 1. The number of carbonyl (C=O) groups is 1. The van der Waals surface area contributed by atoms with E-state index in [4.69, 9.17) is 9.15 Å². The second-order valence-corrected chi connectivity index (χ2v) is 9.03. The maximum atomic E-state index is 13.5. The summed E-state index contributed by atoms with van der Waals surface area (Å²) >= 11 is 3.41. The minimum atomic E-state index is -0.553. The van der Waals surface area contributed by atoms with Crippen molar-refractivity contribution in [1.29, 1.82) is 0 Å². The van der Waals surface area contributed by atoms with Crippen molar-refractivity contribution in [2.45, 2.75) is 12.5 Å². The molecule has 0 spiro atoms. The first kappa shape index (κ1) is 21.2. The molecule has 5 rings (SSSR count). The van der Waals surface area contributed by atoms with Crippen LogP contribution >= 0.6 is 15.9 Å². The molecule has 3 aromatic rings. The van der Waals surface area contributed by atoms with E-state index < -0.39 is 6.04 Å². The smallest absolute Gasteiger partial charge is 0.290 e. The van der Waals surface area contributed by atoms with Crippen molar-refractivity contribution in [3.8, 4) is 5.75 Å². The van der Waals surface area contributed by atoms with Gasteiger partial charge in [-0.25, -0.2) is 0 Å². The van der Waals surface area contributed by atoms with E-state index in [1.807, 2.05) is 0 Å². The van der Waals surface area contributed by atoms with Gasteiger partial charge >= 0.3 is 0 Å². The molecule has 1 atom stereocenters. The van der Waals surface area contributed by atoms with Gasteiger partial charge < -0.3 is 19.2 Å². The number of carbonyl (C=O) groups excluding carboxylic acids is 1. The fourth-order valence-electron chi connectivity index (χ4n) is 4.52. The third-order valence-electron chi connectivity index (χ3n) is 6.11. The Bertz CT molecular complexity index is 1220. The summed E-state index contributed by atoms with van der Waals surface area (Å²) in [6.07, 6.45) is 0.771. The zero-order chi connectivity index (χ0) is 22.2. The van der Waals surface area contributed by atoms with Crippen LogP contribution in [0.4, 0.5) is 0 Å². The van der Waals surface area contributed by atoms with Gasteiger partial charge in [-0.2, -0.15) is 0 Å². The number of phenols is 1. The van der Waals surface area contributed by atoms with E-state index in [1.165, 1.54) is 0 Å². The van der Waals surface area contributed by atoms with Gasteiger partial charge in [-0.1, -0.05) is 28.1 Å². The Morgan fingerprint density at radius 2 is 1.78 bits per heavy atom. The zero-order valence-corrected chi connectivity index (χ0v) is 19.0. The van der Waals surface area contributed by atoms with Gasteiger partial charge in [0.15, 0.2) is 5.43 Å². The molecule has 166 valence electrons. The van der Waals surface area contributed by atoms with Gasteiger partial charge in [0.25, 0.3) is 5.91 Å². The van der Waals surface area contributed by atoms with Crippen molar-refractivity contribution in [3.05, 3.63) is 74.0 Å². The van der Waals surface area contributed by atoms with Gasteiger partial charge in [-0.05, 0) is 42.3 Å². The Morgan fingerprint density at radius 1 is 1.03 bits per heavy atom. The van der Waals surface area contributed by atoms with Crippen molar-refractivity contribution < 1.29 is 19.1 Å². The monoisotopic (exact) mass is 498 g/mol. The lowest BCUT2D eigenvalue weighted by atomic mass is 9.98. The molecule has 1 amide bonds. The molecule has 1 unspecified atom stereocenters. The summed E-state index contributed by atoms with van der Waals surface area (Å²) in [5, 5.41) is 10.2. The highest BCUT2D eigenvalue weighted by Gasteiger charge is 2.42. The summed E-state index contributed by atoms with van der Waals surface area (Å²) in [5.41, 5.74) is 1.31. The van der Waals surface area contributed by atoms with Gasteiger partial charge in [0.2, 0.25) is 5.76 Å². The number of fused-ring (bicyclic) bond motifs is 2. The predicted molar refractivity (Wildman–Crippen MR) is 123 cm³/mol. The van der Waals surface area contributed by atoms with Crippen LogP contribution in [0.15, 0.2) is 56.1 Å². The number of hydrogen-bond donors (Lipinski definition) is 1. The lowest BCUT2D eigenvalue weighted by molar-refractivity contribution is 0.0353. The second kappa shape index (κ2) is 8.69. The fraction of sp³-hybridized carbons (Fsp3) is 0.333. The summed E-state index contributed by atoms with van der Waals surface area (Å²) in [6.45, 7) is 4.56. The Kier molecular flexibility index (Phi) is 5.75.